The van der Waals surface area contributed by atoms with Crippen LogP contribution in [0.15, 0.2) is 44.4 Å². The van der Waals surface area contributed by atoms with Crippen molar-refractivity contribution in [1.29, 1.82) is 0 Å². The minimum atomic E-state index is -0.461. The Morgan fingerprint density at radius 2 is 1.87 bits per heavy atom. The molecule has 0 radical (unpaired) electrons. The number of carbonyl (C=O) groups excluding carboxylic acids is 1. The number of esters is 1. The molecule has 2 rings (SSSR count). The van der Waals surface area contributed by atoms with E-state index in [9.17, 15) is 4.79 Å². The van der Waals surface area contributed by atoms with Crippen molar-refractivity contribution in [2.24, 2.45) is 5.16 Å². The number of halogens is 2. The summed E-state index contributed by atoms with van der Waals surface area (Å²) < 4.78 is 17.9. The summed E-state index contributed by atoms with van der Waals surface area (Å²) in [6.45, 7) is 6.11. The molecule has 30 heavy (non-hydrogen) atoms. The quantitative estimate of drug-likeness (QED) is 0.196. The molecule has 0 heterocycles. The Bertz CT molecular complexity index is 878. The fraction of sp³-hybridized carbons (Fsp3) is 0.364. The maximum atomic E-state index is 11.2. The topological polar surface area (TPSA) is 66.4 Å². The van der Waals surface area contributed by atoms with E-state index in [-0.39, 0.29) is 6.61 Å². The van der Waals surface area contributed by atoms with Gasteiger partial charge in [0.15, 0.2) is 5.75 Å². The third-order valence-corrected chi connectivity index (χ3v) is 5.53. The number of rotatable bonds is 10. The van der Waals surface area contributed by atoms with Crippen LogP contribution < -0.4 is 9.47 Å². The Morgan fingerprint density at radius 1 is 1.17 bits per heavy atom. The number of carbonyl (C=O) groups is 1. The van der Waals surface area contributed by atoms with E-state index >= 15 is 0 Å². The zero-order valence-electron chi connectivity index (χ0n) is 17.4. The monoisotopic (exact) mass is 541 g/mol. The first-order chi connectivity index (χ1) is 14.4. The highest BCUT2D eigenvalue weighted by Crippen LogP contribution is 2.39. The van der Waals surface area contributed by atoms with Crippen LogP contribution in [-0.4, -0.2) is 32.5 Å². The number of hydrogen-bond donors (Lipinski definition) is 0. The van der Waals surface area contributed by atoms with Crippen molar-refractivity contribution in [2.45, 2.75) is 33.1 Å². The van der Waals surface area contributed by atoms with E-state index in [0.29, 0.717) is 24.0 Å². The highest BCUT2D eigenvalue weighted by atomic mass is 79.9. The van der Waals surface area contributed by atoms with Crippen LogP contribution in [0.25, 0.3) is 0 Å². The number of benzene rings is 2. The average Bonchev–Trinajstić information content (AvgIpc) is 2.73. The predicted molar refractivity (Wildman–Crippen MR) is 124 cm³/mol. The molecule has 2 aromatic carbocycles. The summed E-state index contributed by atoms with van der Waals surface area (Å²) in [5.41, 5.74) is 1.87. The molecule has 0 aliphatic carbocycles. The van der Waals surface area contributed by atoms with Crippen molar-refractivity contribution in [3.05, 3.63) is 50.4 Å². The summed E-state index contributed by atoms with van der Waals surface area (Å²) in [5, 5.41) is 3.80. The highest BCUT2D eigenvalue weighted by molar-refractivity contribution is 9.11. The van der Waals surface area contributed by atoms with E-state index in [1.165, 1.54) is 6.21 Å². The second kappa shape index (κ2) is 12.0. The van der Waals surface area contributed by atoms with Gasteiger partial charge in [0, 0.05) is 5.56 Å². The second-order valence-electron chi connectivity index (χ2n) is 6.44. The molecule has 0 saturated heterocycles. The molecular weight excluding hydrogens is 518 g/mol. The molecule has 0 bridgehead atoms. The van der Waals surface area contributed by atoms with Crippen LogP contribution in [0.4, 0.5) is 0 Å². The fourth-order valence-corrected chi connectivity index (χ4v) is 4.02. The Morgan fingerprint density at radius 3 is 2.47 bits per heavy atom. The molecule has 0 aliphatic rings. The summed E-state index contributed by atoms with van der Waals surface area (Å²) in [7, 11) is 1.67. The molecule has 0 spiro atoms. The first-order valence-electron chi connectivity index (χ1n) is 9.55. The minimum Gasteiger partial charge on any atom is -0.496 e. The van der Waals surface area contributed by atoms with E-state index in [0.717, 1.165) is 32.2 Å². The fourth-order valence-electron chi connectivity index (χ4n) is 2.64. The van der Waals surface area contributed by atoms with Crippen LogP contribution in [0.1, 0.15) is 44.2 Å². The zero-order valence-corrected chi connectivity index (χ0v) is 20.6. The van der Waals surface area contributed by atoms with Gasteiger partial charge in [0.1, 0.15) is 11.5 Å². The van der Waals surface area contributed by atoms with Gasteiger partial charge in [-0.3, -0.25) is 0 Å². The molecule has 1 atom stereocenters. The van der Waals surface area contributed by atoms with Crippen LogP contribution in [-0.2, 0) is 14.4 Å². The molecule has 0 aromatic heterocycles. The molecule has 0 amide bonds. The van der Waals surface area contributed by atoms with Gasteiger partial charge < -0.3 is 19.0 Å². The summed E-state index contributed by atoms with van der Waals surface area (Å²) in [4.78, 5) is 16.2. The van der Waals surface area contributed by atoms with Crippen LogP contribution in [0.3, 0.4) is 0 Å². The molecule has 2 aromatic rings. The SMILES string of the molecule is CCOC(=O)CO/N=C\c1cc(Br)c(Oc2ccc(OC)c(C(C)CC)c2)c(Br)c1. The van der Waals surface area contributed by atoms with Crippen LogP contribution in [0.2, 0.25) is 0 Å². The maximum absolute atomic E-state index is 11.2. The molecule has 0 saturated carbocycles. The molecule has 6 nitrogen and oxygen atoms in total. The Kier molecular flexibility index (Phi) is 9.65. The average molecular weight is 543 g/mol. The zero-order chi connectivity index (χ0) is 22.1. The van der Waals surface area contributed by atoms with E-state index in [1.54, 1.807) is 14.0 Å². The van der Waals surface area contributed by atoms with E-state index in [2.05, 4.69) is 50.9 Å². The molecule has 162 valence electrons. The van der Waals surface area contributed by atoms with Gasteiger partial charge in [-0.25, -0.2) is 4.79 Å². The predicted octanol–water partition coefficient (Wildman–Crippen LogP) is 6.44. The van der Waals surface area contributed by atoms with Gasteiger partial charge in [0.05, 0.1) is 28.9 Å². The van der Waals surface area contributed by atoms with Gasteiger partial charge >= 0.3 is 5.97 Å². The van der Waals surface area contributed by atoms with E-state index < -0.39 is 5.97 Å². The first kappa shape index (κ1) is 24.2. The van der Waals surface area contributed by atoms with Gasteiger partial charge in [-0.2, -0.15) is 0 Å². The Hall–Kier alpha value is -2.06. The lowest BCUT2D eigenvalue weighted by molar-refractivity contribution is -0.148. The summed E-state index contributed by atoms with van der Waals surface area (Å²) in [5.74, 6) is 2.09. The third kappa shape index (κ3) is 6.74. The number of ether oxygens (including phenoxy) is 3. The summed E-state index contributed by atoms with van der Waals surface area (Å²) in [6.07, 6.45) is 2.51. The Labute approximate surface area is 193 Å². The maximum Gasteiger partial charge on any atom is 0.347 e. The lowest BCUT2D eigenvalue weighted by Gasteiger charge is -2.17. The van der Waals surface area contributed by atoms with Gasteiger partial charge in [0.2, 0.25) is 6.61 Å². The minimum absolute atomic E-state index is 0.232. The van der Waals surface area contributed by atoms with Gasteiger partial charge in [-0.15, -0.1) is 0 Å². The van der Waals surface area contributed by atoms with Gasteiger partial charge in [-0.05, 0) is 87.0 Å². The van der Waals surface area contributed by atoms with Crippen molar-refractivity contribution in [1.82, 2.24) is 0 Å². The number of oxime groups is 1. The van der Waals surface area contributed by atoms with Crippen molar-refractivity contribution in [3.63, 3.8) is 0 Å². The molecule has 1 unspecified atom stereocenters. The normalized spacial score (nSPS) is 11.9. The first-order valence-corrected chi connectivity index (χ1v) is 11.1. The number of methoxy groups -OCH3 is 1. The summed E-state index contributed by atoms with van der Waals surface area (Å²) in [6, 6.07) is 9.49. The van der Waals surface area contributed by atoms with Gasteiger partial charge in [0.25, 0.3) is 0 Å². The molecule has 8 heteroatoms. The molecule has 0 fully saturated rings. The number of nitrogens with zero attached hydrogens (tertiary/aromatic N) is 1. The largest absolute Gasteiger partial charge is 0.496 e. The van der Waals surface area contributed by atoms with Crippen molar-refractivity contribution in [2.75, 3.05) is 20.3 Å². The lowest BCUT2D eigenvalue weighted by atomic mass is 9.97. The molecule has 0 N–H and O–H groups in total. The molecule has 0 aliphatic heterocycles. The van der Waals surface area contributed by atoms with Crippen LogP contribution in [0.5, 0.6) is 17.2 Å². The lowest BCUT2D eigenvalue weighted by Crippen LogP contribution is -2.10. The molecular formula is C22H25Br2NO5. The van der Waals surface area contributed by atoms with Crippen molar-refractivity contribution in [3.8, 4) is 17.2 Å². The number of hydrogen-bond acceptors (Lipinski definition) is 6. The third-order valence-electron chi connectivity index (χ3n) is 4.35. The van der Waals surface area contributed by atoms with Crippen LogP contribution in [0, 0.1) is 0 Å². The van der Waals surface area contributed by atoms with E-state index in [4.69, 9.17) is 19.0 Å². The highest BCUT2D eigenvalue weighted by Gasteiger charge is 2.14. The van der Waals surface area contributed by atoms with Crippen molar-refractivity contribution < 1.29 is 23.8 Å². The van der Waals surface area contributed by atoms with Crippen molar-refractivity contribution >= 4 is 44.0 Å². The second-order valence-corrected chi connectivity index (χ2v) is 8.15. The standard InChI is InChI=1S/C22H25Br2NO5/c1-5-14(3)17-11-16(7-8-20(17)27-4)30-22-18(23)9-15(10-19(22)24)12-25-29-13-21(26)28-6-2/h7-12,14H,5-6,13H2,1-4H3/b25-12-. The summed E-state index contributed by atoms with van der Waals surface area (Å²) >= 11 is 7.08. The van der Waals surface area contributed by atoms with Crippen LogP contribution >= 0.6 is 31.9 Å². The van der Waals surface area contributed by atoms with Gasteiger partial charge in [-0.1, -0.05) is 19.0 Å². The smallest absolute Gasteiger partial charge is 0.347 e. The Balaban J connectivity index is 2.15. The van der Waals surface area contributed by atoms with E-state index in [1.807, 2.05) is 30.3 Å².